The third-order valence-electron chi connectivity index (χ3n) is 3.92. The first-order valence-corrected chi connectivity index (χ1v) is 7.44. The molecule has 1 saturated carbocycles. The van der Waals surface area contributed by atoms with E-state index in [-0.39, 0.29) is 24.9 Å². The molecule has 7 nitrogen and oxygen atoms in total. The second kappa shape index (κ2) is 6.89. The summed E-state index contributed by atoms with van der Waals surface area (Å²) >= 11 is 0. The van der Waals surface area contributed by atoms with Crippen LogP contribution < -0.4 is 0 Å². The van der Waals surface area contributed by atoms with Crippen LogP contribution in [-0.4, -0.2) is 71.6 Å². The van der Waals surface area contributed by atoms with Gasteiger partial charge in [0.2, 0.25) is 5.91 Å². The number of nitrogens with zero attached hydrogens (tertiary/aromatic N) is 2. The average Bonchev–Trinajstić information content (AvgIpc) is 3.31. The Hall–Kier alpha value is -1.63. The van der Waals surface area contributed by atoms with Crippen molar-refractivity contribution in [1.82, 2.24) is 9.80 Å². The van der Waals surface area contributed by atoms with Crippen molar-refractivity contribution in [3.8, 4) is 0 Å². The van der Waals surface area contributed by atoms with Gasteiger partial charge in [-0.25, -0.2) is 4.79 Å². The van der Waals surface area contributed by atoms with Crippen molar-refractivity contribution in [1.29, 1.82) is 0 Å². The lowest BCUT2D eigenvalue weighted by Gasteiger charge is -2.34. The highest BCUT2D eigenvalue weighted by Gasteiger charge is 2.33. The highest BCUT2D eigenvalue weighted by atomic mass is 16.5. The summed E-state index contributed by atoms with van der Waals surface area (Å²) in [6.45, 7) is 3.24. The maximum Gasteiger partial charge on any atom is 0.397 e. The zero-order valence-electron chi connectivity index (χ0n) is 12.3. The zero-order valence-corrected chi connectivity index (χ0v) is 12.3. The van der Waals surface area contributed by atoms with Gasteiger partial charge in [-0.2, -0.15) is 0 Å². The lowest BCUT2D eigenvalue weighted by Crippen LogP contribution is -2.52. The predicted octanol–water partition coefficient (Wildman–Crippen LogP) is -0.619. The summed E-state index contributed by atoms with van der Waals surface area (Å²) < 4.78 is 4.67. The summed E-state index contributed by atoms with van der Waals surface area (Å²) in [7, 11) is 0. The molecule has 2 rings (SSSR count). The fourth-order valence-corrected chi connectivity index (χ4v) is 2.44. The van der Waals surface area contributed by atoms with E-state index in [1.54, 1.807) is 11.8 Å². The molecule has 0 spiro atoms. The molecule has 1 unspecified atom stereocenters. The second-order valence-corrected chi connectivity index (χ2v) is 5.50. The van der Waals surface area contributed by atoms with Crippen molar-refractivity contribution in [3.05, 3.63) is 0 Å². The van der Waals surface area contributed by atoms with E-state index in [1.165, 1.54) is 4.90 Å². The molecule has 21 heavy (non-hydrogen) atoms. The first-order chi connectivity index (χ1) is 10.0. The first-order valence-electron chi connectivity index (χ1n) is 7.44. The molecule has 118 valence electrons. The minimum atomic E-state index is -0.846. The van der Waals surface area contributed by atoms with E-state index in [4.69, 9.17) is 0 Å². The number of amides is 2. The monoisotopic (exact) mass is 298 g/mol. The van der Waals surface area contributed by atoms with E-state index in [0.717, 1.165) is 12.8 Å². The zero-order chi connectivity index (χ0) is 15.4. The summed E-state index contributed by atoms with van der Waals surface area (Å²) in [5.41, 5.74) is 0. The average molecular weight is 298 g/mol. The van der Waals surface area contributed by atoms with Gasteiger partial charge in [-0.15, -0.1) is 0 Å². The second-order valence-electron chi connectivity index (χ2n) is 5.50. The Morgan fingerprint density at radius 2 is 1.71 bits per heavy atom. The van der Waals surface area contributed by atoms with Crippen LogP contribution in [0, 0.1) is 5.92 Å². The van der Waals surface area contributed by atoms with Crippen LogP contribution in [0.25, 0.3) is 0 Å². The molecule has 2 fully saturated rings. The van der Waals surface area contributed by atoms with Crippen LogP contribution >= 0.6 is 0 Å². The molecule has 0 aromatic heterocycles. The minimum absolute atomic E-state index is 0.0855. The fraction of sp³-hybridized carbons (Fsp3) is 0.786. The molecule has 7 heteroatoms. The smallest absolute Gasteiger partial charge is 0.397 e. The van der Waals surface area contributed by atoms with E-state index in [1.807, 2.05) is 0 Å². The Morgan fingerprint density at radius 3 is 2.24 bits per heavy atom. The SMILES string of the molecule is CCOC(=O)C(=O)N1CCN(C(=O)CC(O)C2CC2)CC1. The predicted molar refractivity (Wildman–Crippen MR) is 73.1 cm³/mol. The summed E-state index contributed by atoms with van der Waals surface area (Å²) in [6.07, 6.45) is 1.60. The Kier molecular flexibility index (Phi) is 5.17. The van der Waals surface area contributed by atoms with Gasteiger partial charge < -0.3 is 19.6 Å². The topological polar surface area (TPSA) is 87.2 Å². The van der Waals surface area contributed by atoms with Crippen LogP contribution in [0.5, 0.6) is 0 Å². The summed E-state index contributed by atoms with van der Waals surface area (Å²) in [5, 5.41) is 9.79. The van der Waals surface area contributed by atoms with Gasteiger partial charge in [-0.3, -0.25) is 9.59 Å². The number of esters is 1. The Balaban J connectivity index is 1.75. The van der Waals surface area contributed by atoms with Crippen LogP contribution in [0.2, 0.25) is 0 Å². The van der Waals surface area contributed by atoms with Crippen LogP contribution in [0.3, 0.4) is 0 Å². The fourth-order valence-electron chi connectivity index (χ4n) is 2.44. The number of carbonyl (C=O) groups excluding carboxylic acids is 3. The Bertz CT molecular complexity index is 414. The largest absolute Gasteiger partial charge is 0.459 e. The summed E-state index contributed by atoms with van der Waals surface area (Å²) in [5.74, 6) is -1.30. The maximum atomic E-state index is 12.0. The van der Waals surface area contributed by atoms with Crippen molar-refractivity contribution < 1.29 is 24.2 Å². The first kappa shape index (κ1) is 15.8. The van der Waals surface area contributed by atoms with E-state index in [0.29, 0.717) is 26.2 Å². The molecular formula is C14H22N2O5. The highest BCUT2D eigenvalue weighted by Crippen LogP contribution is 2.34. The quantitative estimate of drug-likeness (QED) is 0.552. The van der Waals surface area contributed by atoms with Gasteiger partial charge in [0.15, 0.2) is 0 Å². The number of piperazine rings is 1. The van der Waals surface area contributed by atoms with E-state index >= 15 is 0 Å². The van der Waals surface area contributed by atoms with Crippen LogP contribution in [0.1, 0.15) is 26.2 Å². The molecule has 1 saturated heterocycles. The molecule has 1 atom stereocenters. The van der Waals surface area contributed by atoms with Gasteiger partial charge in [0.1, 0.15) is 0 Å². The third kappa shape index (κ3) is 4.17. The van der Waals surface area contributed by atoms with Crippen LogP contribution in [0.15, 0.2) is 0 Å². The molecule has 2 aliphatic rings. The molecule has 1 aliphatic heterocycles. The van der Waals surface area contributed by atoms with Gasteiger partial charge in [0, 0.05) is 26.2 Å². The number of aliphatic hydroxyl groups excluding tert-OH is 1. The van der Waals surface area contributed by atoms with Crippen molar-refractivity contribution in [2.45, 2.75) is 32.3 Å². The van der Waals surface area contributed by atoms with Crippen LogP contribution in [0.4, 0.5) is 0 Å². The van der Waals surface area contributed by atoms with E-state index in [9.17, 15) is 19.5 Å². The van der Waals surface area contributed by atoms with Crippen molar-refractivity contribution in [2.75, 3.05) is 32.8 Å². The number of carbonyl (C=O) groups is 3. The highest BCUT2D eigenvalue weighted by molar-refractivity contribution is 6.32. The molecule has 0 bridgehead atoms. The molecule has 0 aromatic rings. The summed E-state index contributed by atoms with van der Waals surface area (Å²) in [4.78, 5) is 38.2. The Labute approximate surface area is 123 Å². The molecular weight excluding hydrogens is 276 g/mol. The summed E-state index contributed by atoms with van der Waals surface area (Å²) in [6, 6.07) is 0. The molecule has 1 heterocycles. The third-order valence-corrected chi connectivity index (χ3v) is 3.92. The lowest BCUT2D eigenvalue weighted by molar-refractivity contribution is -0.161. The normalized spacial score (nSPS) is 20.1. The van der Waals surface area contributed by atoms with Crippen molar-refractivity contribution in [3.63, 3.8) is 0 Å². The maximum absolute atomic E-state index is 12.0. The minimum Gasteiger partial charge on any atom is -0.459 e. The van der Waals surface area contributed by atoms with Crippen molar-refractivity contribution >= 4 is 17.8 Å². The van der Waals surface area contributed by atoms with Gasteiger partial charge in [0.25, 0.3) is 0 Å². The molecule has 0 aromatic carbocycles. The standard InChI is InChI=1S/C14H22N2O5/c1-2-21-14(20)13(19)16-7-5-15(6-8-16)12(18)9-11(17)10-3-4-10/h10-11,17H,2-9H2,1H3. The Morgan fingerprint density at radius 1 is 1.14 bits per heavy atom. The van der Waals surface area contributed by atoms with Crippen LogP contribution in [-0.2, 0) is 19.1 Å². The number of hydrogen-bond acceptors (Lipinski definition) is 5. The number of aliphatic hydroxyl groups is 1. The van der Waals surface area contributed by atoms with Gasteiger partial charge in [-0.05, 0) is 25.7 Å². The molecule has 1 aliphatic carbocycles. The van der Waals surface area contributed by atoms with E-state index < -0.39 is 18.0 Å². The lowest BCUT2D eigenvalue weighted by atomic mass is 10.1. The number of hydrogen-bond donors (Lipinski definition) is 1. The van der Waals surface area contributed by atoms with Gasteiger partial charge in [-0.1, -0.05) is 0 Å². The van der Waals surface area contributed by atoms with Gasteiger partial charge >= 0.3 is 11.9 Å². The molecule has 2 amide bonds. The molecule has 1 N–H and O–H groups in total. The number of ether oxygens (including phenoxy) is 1. The number of rotatable bonds is 4. The molecule has 0 radical (unpaired) electrons. The van der Waals surface area contributed by atoms with E-state index in [2.05, 4.69) is 4.74 Å². The van der Waals surface area contributed by atoms with Crippen molar-refractivity contribution in [2.24, 2.45) is 5.92 Å². The van der Waals surface area contributed by atoms with Gasteiger partial charge in [0.05, 0.1) is 19.1 Å².